The molecule has 0 amide bonds. The summed E-state index contributed by atoms with van der Waals surface area (Å²) in [6.07, 6.45) is -0.0338. The first-order valence-electron chi connectivity index (χ1n) is 5.21. The summed E-state index contributed by atoms with van der Waals surface area (Å²) in [5, 5.41) is 8.89. The van der Waals surface area contributed by atoms with E-state index in [4.69, 9.17) is 14.6 Å². The quantitative estimate of drug-likeness (QED) is 0.712. The smallest absolute Gasteiger partial charge is 0.320 e. The Hall–Kier alpha value is -0.650. The highest BCUT2D eigenvalue weighted by atomic mass is 16.5. The van der Waals surface area contributed by atoms with Crippen molar-refractivity contribution in [1.82, 2.24) is 4.90 Å². The Labute approximate surface area is 90.0 Å². The minimum atomic E-state index is -0.804. The Morgan fingerprint density at radius 3 is 2.60 bits per heavy atom. The number of carboxylic acid groups (broad SMARTS) is 1. The van der Waals surface area contributed by atoms with E-state index in [2.05, 4.69) is 0 Å². The minimum Gasteiger partial charge on any atom is -0.480 e. The maximum atomic E-state index is 10.8. The molecule has 0 aromatic carbocycles. The number of hydrogen-bond donors (Lipinski definition) is 1. The molecule has 1 heterocycles. The first-order valence-corrected chi connectivity index (χ1v) is 5.21. The van der Waals surface area contributed by atoms with Crippen LogP contribution in [-0.4, -0.2) is 61.0 Å². The molecule has 0 aromatic rings. The van der Waals surface area contributed by atoms with E-state index in [9.17, 15) is 4.79 Å². The number of methoxy groups -OCH3 is 1. The summed E-state index contributed by atoms with van der Waals surface area (Å²) in [7, 11) is 1.63. The maximum absolute atomic E-state index is 10.8. The van der Waals surface area contributed by atoms with Gasteiger partial charge >= 0.3 is 5.97 Å². The van der Waals surface area contributed by atoms with Gasteiger partial charge < -0.3 is 14.6 Å². The molecule has 0 spiro atoms. The zero-order valence-corrected chi connectivity index (χ0v) is 9.47. The third kappa shape index (κ3) is 2.90. The molecule has 0 bridgehead atoms. The van der Waals surface area contributed by atoms with Crippen LogP contribution >= 0.6 is 0 Å². The lowest BCUT2D eigenvalue weighted by molar-refractivity contribution is -0.142. The Kier molecular flexibility index (Phi) is 4.50. The summed E-state index contributed by atoms with van der Waals surface area (Å²) in [5.74, 6) is -0.804. The topological polar surface area (TPSA) is 59.0 Å². The van der Waals surface area contributed by atoms with Crippen molar-refractivity contribution in [1.29, 1.82) is 0 Å². The Morgan fingerprint density at radius 1 is 1.53 bits per heavy atom. The van der Waals surface area contributed by atoms with Gasteiger partial charge in [0, 0.05) is 26.8 Å². The number of nitrogens with zero attached hydrogens (tertiary/aromatic N) is 1. The lowest BCUT2D eigenvalue weighted by atomic mass is 10.2. The van der Waals surface area contributed by atoms with Gasteiger partial charge in [0.05, 0.1) is 12.2 Å². The van der Waals surface area contributed by atoms with Crippen LogP contribution in [0.5, 0.6) is 0 Å². The van der Waals surface area contributed by atoms with Gasteiger partial charge in [0.15, 0.2) is 0 Å². The van der Waals surface area contributed by atoms with E-state index in [1.54, 1.807) is 14.0 Å². The average molecular weight is 217 g/mol. The average Bonchev–Trinajstić information content (AvgIpc) is 2.60. The Balaban J connectivity index is 2.55. The van der Waals surface area contributed by atoms with Gasteiger partial charge in [0.2, 0.25) is 0 Å². The van der Waals surface area contributed by atoms with E-state index >= 15 is 0 Å². The Morgan fingerprint density at radius 2 is 2.13 bits per heavy atom. The largest absolute Gasteiger partial charge is 0.480 e. The lowest BCUT2D eigenvalue weighted by Crippen LogP contribution is -2.38. The highest BCUT2D eigenvalue weighted by molar-refractivity contribution is 5.72. The van der Waals surface area contributed by atoms with Crippen LogP contribution in [0.4, 0.5) is 0 Å². The summed E-state index contributed by atoms with van der Waals surface area (Å²) >= 11 is 0. The van der Waals surface area contributed by atoms with Gasteiger partial charge in [-0.1, -0.05) is 0 Å². The van der Waals surface area contributed by atoms with Gasteiger partial charge in [-0.2, -0.15) is 0 Å². The zero-order chi connectivity index (χ0) is 11.4. The normalized spacial score (nSPS) is 29.3. The molecule has 0 unspecified atom stereocenters. The molecule has 1 aliphatic rings. The van der Waals surface area contributed by atoms with Crippen molar-refractivity contribution < 1.29 is 19.4 Å². The maximum Gasteiger partial charge on any atom is 0.320 e. The number of aliphatic carboxylic acids is 1. The van der Waals surface area contributed by atoms with Crippen molar-refractivity contribution >= 4 is 5.97 Å². The summed E-state index contributed by atoms with van der Waals surface area (Å²) in [4.78, 5) is 12.7. The molecular formula is C10H19NO4. The highest BCUT2D eigenvalue weighted by Crippen LogP contribution is 2.18. The Bertz CT molecular complexity index is 221. The summed E-state index contributed by atoms with van der Waals surface area (Å²) in [6.45, 7) is 5.48. The fourth-order valence-corrected chi connectivity index (χ4v) is 1.84. The number of carboxylic acids is 1. The van der Waals surface area contributed by atoms with Crippen molar-refractivity contribution in [2.45, 2.75) is 32.1 Å². The second kappa shape index (κ2) is 5.44. The molecule has 88 valence electrons. The third-order valence-corrected chi connectivity index (χ3v) is 2.83. The zero-order valence-electron chi connectivity index (χ0n) is 9.47. The molecule has 0 aromatic heterocycles. The van der Waals surface area contributed by atoms with Crippen LogP contribution in [-0.2, 0) is 14.3 Å². The lowest BCUT2D eigenvalue weighted by Gasteiger charge is -2.19. The van der Waals surface area contributed by atoms with Crippen molar-refractivity contribution in [3.8, 4) is 0 Å². The van der Waals surface area contributed by atoms with Crippen molar-refractivity contribution in [3.05, 3.63) is 0 Å². The first-order chi connectivity index (χ1) is 7.10. The molecule has 0 saturated carbocycles. The number of ether oxygens (including phenoxy) is 2. The van der Waals surface area contributed by atoms with E-state index < -0.39 is 12.0 Å². The molecule has 5 heteroatoms. The number of carbonyl (C=O) groups is 1. The molecule has 0 radical (unpaired) electrons. The van der Waals surface area contributed by atoms with Gasteiger partial charge in [-0.15, -0.1) is 0 Å². The number of rotatable bonds is 5. The summed E-state index contributed by atoms with van der Waals surface area (Å²) in [5.41, 5.74) is 0. The molecule has 3 atom stereocenters. The monoisotopic (exact) mass is 217 g/mol. The fraction of sp³-hybridized carbons (Fsp3) is 0.900. The van der Waals surface area contributed by atoms with Gasteiger partial charge in [-0.25, -0.2) is 0 Å². The molecule has 1 fully saturated rings. The molecule has 0 aliphatic carbocycles. The van der Waals surface area contributed by atoms with Crippen LogP contribution in [0.3, 0.4) is 0 Å². The molecule has 1 rings (SSSR count). The van der Waals surface area contributed by atoms with E-state index in [0.717, 1.165) is 0 Å². The number of likely N-dealkylation sites (tertiary alicyclic amines) is 1. The van der Waals surface area contributed by atoms with E-state index in [1.807, 2.05) is 11.8 Å². The SMILES string of the molecule is CCO[C@@H]1CN([C@@H](C)C(=O)O)C[C@H]1OC. The molecule has 1 aliphatic heterocycles. The van der Waals surface area contributed by atoms with Crippen LogP contribution in [0, 0.1) is 0 Å². The summed E-state index contributed by atoms with van der Waals surface area (Å²) in [6, 6.07) is -0.479. The highest BCUT2D eigenvalue weighted by Gasteiger charge is 2.37. The van der Waals surface area contributed by atoms with Gasteiger partial charge in [-0.3, -0.25) is 9.69 Å². The van der Waals surface area contributed by atoms with Crippen molar-refractivity contribution in [2.75, 3.05) is 26.8 Å². The first kappa shape index (κ1) is 12.4. The van der Waals surface area contributed by atoms with Gasteiger partial charge in [-0.05, 0) is 13.8 Å². The fourth-order valence-electron chi connectivity index (χ4n) is 1.84. The second-order valence-corrected chi connectivity index (χ2v) is 3.74. The van der Waals surface area contributed by atoms with Crippen LogP contribution in [0.25, 0.3) is 0 Å². The van der Waals surface area contributed by atoms with Crippen molar-refractivity contribution in [3.63, 3.8) is 0 Å². The molecule has 1 N–H and O–H groups in total. The van der Waals surface area contributed by atoms with Gasteiger partial charge in [0.1, 0.15) is 6.04 Å². The third-order valence-electron chi connectivity index (χ3n) is 2.83. The van der Waals surface area contributed by atoms with E-state index in [0.29, 0.717) is 19.7 Å². The van der Waals surface area contributed by atoms with Crippen LogP contribution in [0.15, 0.2) is 0 Å². The number of hydrogen-bond acceptors (Lipinski definition) is 4. The molecule has 15 heavy (non-hydrogen) atoms. The molecule has 1 saturated heterocycles. The van der Waals surface area contributed by atoms with Gasteiger partial charge in [0.25, 0.3) is 0 Å². The van der Waals surface area contributed by atoms with Crippen LogP contribution in [0.1, 0.15) is 13.8 Å². The predicted molar refractivity (Wildman–Crippen MR) is 54.9 cm³/mol. The molecule has 5 nitrogen and oxygen atoms in total. The second-order valence-electron chi connectivity index (χ2n) is 3.74. The predicted octanol–water partition coefficient (Wildman–Crippen LogP) is 0.195. The minimum absolute atomic E-state index is 0.0122. The molecular weight excluding hydrogens is 198 g/mol. The standard InChI is InChI=1S/C10H19NO4/c1-4-15-9-6-11(5-8(9)14-3)7(2)10(12)13/h7-9H,4-6H2,1-3H3,(H,12,13)/t7-,8+,9+/m0/s1. The van der Waals surface area contributed by atoms with E-state index in [-0.39, 0.29) is 12.2 Å². The van der Waals surface area contributed by atoms with Crippen molar-refractivity contribution in [2.24, 2.45) is 0 Å². The van der Waals surface area contributed by atoms with E-state index in [1.165, 1.54) is 0 Å². The van der Waals surface area contributed by atoms with Crippen LogP contribution < -0.4 is 0 Å². The van der Waals surface area contributed by atoms with Crippen LogP contribution in [0.2, 0.25) is 0 Å². The summed E-state index contributed by atoms with van der Waals surface area (Å²) < 4.78 is 10.8.